The van der Waals surface area contributed by atoms with E-state index >= 15 is 0 Å². The summed E-state index contributed by atoms with van der Waals surface area (Å²) in [5.74, 6) is 1.24. The fourth-order valence-corrected chi connectivity index (χ4v) is 2.53. The highest BCUT2D eigenvalue weighted by Crippen LogP contribution is 2.27. The van der Waals surface area contributed by atoms with Crippen molar-refractivity contribution in [3.63, 3.8) is 0 Å². The number of rotatable bonds is 4. The highest BCUT2D eigenvalue weighted by atomic mass is 16.4. The van der Waals surface area contributed by atoms with Gasteiger partial charge in [0.05, 0.1) is 5.69 Å². The first kappa shape index (κ1) is 15.9. The lowest BCUT2D eigenvalue weighted by atomic mass is 10.1. The van der Waals surface area contributed by atoms with Crippen LogP contribution in [0.1, 0.15) is 34.6 Å². The van der Waals surface area contributed by atoms with Crippen molar-refractivity contribution >= 4 is 11.6 Å². The molecule has 7 heteroatoms. The first-order chi connectivity index (χ1) is 11.5. The molecule has 0 saturated heterocycles. The molecule has 3 aromatic rings. The molecule has 2 heterocycles. The van der Waals surface area contributed by atoms with E-state index in [0.717, 1.165) is 17.0 Å². The Morgan fingerprint density at radius 1 is 1.33 bits per heavy atom. The van der Waals surface area contributed by atoms with Crippen molar-refractivity contribution in [2.24, 2.45) is 7.05 Å². The second-order valence-corrected chi connectivity index (χ2v) is 5.57. The average Bonchev–Trinajstić information content (AvgIpc) is 3.15. The zero-order valence-corrected chi connectivity index (χ0v) is 14.1. The van der Waals surface area contributed by atoms with E-state index in [1.54, 1.807) is 13.3 Å². The zero-order chi connectivity index (χ0) is 17.3. The van der Waals surface area contributed by atoms with Crippen LogP contribution in [0.5, 0.6) is 0 Å². The lowest BCUT2D eigenvalue weighted by Crippen LogP contribution is -2.13. The molecule has 0 spiro atoms. The largest absolute Gasteiger partial charge is 0.435 e. The molecule has 0 bridgehead atoms. The van der Waals surface area contributed by atoms with Gasteiger partial charge in [-0.1, -0.05) is 19.1 Å². The van der Waals surface area contributed by atoms with Gasteiger partial charge in [-0.3, -0.25) is 4.79 Å². The van der Waals surface area contributed by atoms with Crippen LogP contribution in [0.3, 0.4) is 0 Å². The van der Waals surface area contributed by atoms with E-state index in [9.17, 15) is 4.79 Å². The summed E-state index contributed by atoms with van der Waals surface area (Å²) in [6, 6.07) is 5.67. The molecule has 1 aromatic carbocycles. The molecule has 0 radical (unpaired) electrons. The van der Waals surface area contributed by atoms with Crippen molar-refractivity contribution in [2.75, 3.05) is 5.32 Å². The lowest BCUT2D eigenvalue weighted by Gasteiger charge is -2.11. The summed E-state index contributed by atoms with van der Waals surface area (Å²) >= 11 is 0. The van der Waals surface area contributed by atoms with Crippen molar-refractivity contribution in [3.8, 4) is 11.4 Å². The van der Waals surface area contributed by atoms with Gasteiger partial charge in [0.1, 0.15) is 6.33 Å². The molecule has 3 rings (SSSR count). The van der Waals surface area contributed by atoms with Crippen molar-refractivity contribution in [3.05, 3.63) is 47.4 Å². The standard InChI is InChI=1S/C17H19N5O2/c1-5-14-19-11(3)15(24-14)17(23)20-13-8-6-7-12(10(13)2)16-21-18-9-22(16)4/h6-9H,5H2,1-4H3,(H,20,23). The molecule has 1 N–H and O–H groups in total. The molecule has 0 aliphatic carbocycles. The smallest absolute Gasteiger partial charge is 0.293 e. The van der Waals surface area contributed by atoms with Gasteiger partial charge in [-0.05, 0) is 25.5 Å². The second kappa shape index (κ2) is 6.27. The van der Waals surface area contributed by atoms with Gasteiger partial charge in [0, 0.05) is 24.7 Å². The fourth-order valence-electron chi connectivity index (χ4n) is 2.53. The number of nitrogens with zero attached hydrogens (tertiary/aromatic N) is 4. The summed E-state index contributed by atoms with van der Waals surface area (Å²) in [5.41, 5.74) is 3.12. The monoisotopic (exact) mass is 325 g/mol. The molecule has 124 valence electrons. The third-order valence-corrected chi connectivity index (χ3v) is 3.88. The molecule has 7 nitrogen and oxygen atoms in total. The van der Waals surface area contributed by atoms with E-state index in [1.165, 1.54) is 0 Å². The number of nitrogens with one attached hydrogen (secondary N) is 1. The average molecular weight is 325 g/mol. The predicted octanol–water partition coefficient (Wildman–Crippen LogP) is 2.90. The number of benzene rings is 1. The number of aryl methyl sites for hydroxylation is 3. The maximum absolute atomic E-state index is 12.5. The Bertz CT molecular complexity index is 894. The maximum atomic E-state index is 12.5. The van der Waals surface area contributed by atoms with Crippen LogP contribution in [0.25, 0.3) is 11.4 Å². The van der Waals surface area contributed by atoms with Crippen LogP contribution >= 0.6 is 0 Å². The Kier molecular flexibility index (Phi) is 4.16. The summed E-state index contributed by atoms with van der Waals surface area (Å²) in [4.78, 5) is 16.7. The summed E-state index contributed by atoms with van der Waals surface area (Å²) < 4.78 is 7.34. The molecule has 0 saturated carbocycles. The summed E-state index contributed by atoms with van der Waals surface area (Å²) in [5, 5.41) is 10.9. The van der Waals surface area contributed by atoms with E-state index in [2.05, 4.69) is 20.5 Å². The van der Waals surface area contributed by atoms with Gasteiger partial charge in [-0.2, -0.15) is 0 Å². The minimum Gasteiger partial charge on any atom is -0.435 e. The van der Waals surface area contributed by atoms with Gasteiger partial charge in [0.2, 0.25) is 5.76 Å². The molecule has 24 heavy (non-hydrogen) atoms. The summed E-state index contributed by atoms with van der Waals surface area (Å²) in [6.45, 7) is 5.63. The third-order valence-electron chi connectivity index (χ3n) is 3.88. The van der Waals surface area contributed by atoms with E-state index in [0.29, 0.717) is 23.7 Å². The van der Waals surface area contributed by atoms with E-state index in [4.69, 9.17) is 4.42 Å². The first-order valence-corrected chi connectivity index (χ1v) is 7.73. The molecule has 0 aliphatic heterocycles. The number of amides is 1. The SMILES string of the molecule is CCc1nc(C)c(C(=O)Nc2cccc(-c3nncn3C)c2C)o1. The third kappa shape index (κ3) is 2.80. The quantitative estimate of drug-likeness (QED) is 0.797. The van der Waals surface area contributed by atoms with Crippen LogP contribution in [0.2, 0.25) is 0 Å². The molecule has 0 unspecified atom stereocenters. The number of hydrogen-bond acceptors (Lipinski definition) is 5. The van der Waals surface area contributed by atoms with Crippen LogP contribution in [-0.4, -0.2) is 25.7 Å². The van der Waals surface area contributed by atoms with Gasteiger partial charge >= 0.3 is 0 Å². The molecule has 0 atom stereocenters. The van der Waals surface area contributed by atoms with Crippen molar-refractivity contribution in [1.82, 2.24) is 19.7 Å². The van der Waals surface area contributed by atoms with Gasteiger partial charge in [-0.25, -0.2) is 4.98 Å². The Morgan fingerprint density at radius 3 is 2.75 bits per heavy atom. The van der Waals surface area contributed by atoms with Gasteiger partial charge in [-0.15, -0.1) is 10.2 Å². The number of hydrogen-bond donors (Lipinski definition) is 1. The normalized spacial score (nSPS) is 10.8. The first-order valence-electron chi connectivity index (χ1n) is 7.73. The molecular formula is C17H19N5O2. The minimum absolute atomic E-state index is 0.246. The highest BCUT2D eigenvalue weighted by Gasteiger charge is 2.19. The fraction of sp³-hybridized carbons (Fsp3) is 0.294. The summed E-state index contributed by atoms with van der Waals surface area (Å²) in [6.07, 6.45) is 2.29. The maximum Gasteiger partial charge on any atom is 0.293 e. The van der Waals surface area contributed by atoms with Crippen molar-refractivity contribution in [1.29, 1.82) is 0 Å². The molecule has 0 aliphatic rings. The van der Waals surface area contributed by atoms with Crippen LogP contribution < -0.4 is 5.32 Å². The Balaban J connectivity index is 1.92. The second-order valence-electron chi connectivity index (χ2n) is 5.57. The van der Waals surface area contributed by atoms with Crippen molar-refractivity contribution < 1.29 is 9.21 Å². The van der Waals surface area contributed by atoms with E-state index in [1.807, 2.05) is 43.7 Å². The minimum atomic E-state index is -0.307. The van der Waals surface area contributed by atoms with Crippen LogP contribution in [-0.2, 0) is 13.5 Å². The van der Waals surface area contributed by atoms with Crippen LogP contribution in [0.15, 0.2) is 28.9 Å². The Morgan fingerprint density at radius 2 is 2.12 bits per heavy atom. The molecular weight excluding hydrogens is 306 g/mol. The zero-order valence-electron chi connectivity index (χ0n) is 14.1. The van der Waals surface area contributed by atoms with Gasteiger partial charge in [0.15, 0.2) is 11.7 Å². The predicted molar refractivity (Wildman–Crippen MR) is 89.7 cm³/mol. The molecule has 2 aromatic heterocycles. The van der Waals surface area contributed by atoms with Crippen LogP contribution in [0.4, 0.5) is 5.69 Å². The lowest BCUT2D eigenvalue weighted by molar-refractivity contribution is 0.0994. The number of carbonyl (C=O) groups excluding carboxylic acids is 1. The van der Waals surface area contributed by atoms with Gasteiger partial charge in [0.25, 0.3) is 5.91 Å². The Hall–Kier alpha value is -2.96. The summed E-state index contributed by atoms with van der Waals surface area (Å²) in [7, 11) is 1.88. The van der Waals surface area contributed by atoms with Crippen LogP contribution in [0, 0.1) is 13.8 Å². The number of anilines is 1. The van der Waals surface area contributed by atoms with Gasteiger partial charge < -0.3 is 14.3 Å². The topological polar surface area (TPSA) is 85.8 Å². The Labute approximate surface area is 139 Å². The number of aromatic nitrogens is 4. The molecule has 1 amide bonds. The van der Waals surface area contributed by atoms with Crippen molar-refractivity contribution in [2.45, 2.75) is 27.2 Å². The molecule has 0 fully saturated rings. The highest BCUT2D eigenvalue weighted by molar-refractivity contribution is 6.03. The van der Waals surface area contributed by atoms with E-state index < -0.39 is 0 Å². The number of oxazole rings is 1. The number of carbonyl (C=O) groups is 1. The van der Waals surface area contributed by atoms with E-state index in [-0.39, 0.29) is 11.7 Å².